The molecule has 0 saturated carbocycles. The Balaban J connectivity index is 3.83. The Kier molecular flexibility index (Phi) is 17.7. The maximum Gasteiger partial charge on any atom is 0.359 e. The highest BCUT2D eigenvalue weighted by atomic mass is 16.4. The fourth-order valence-electron chi connectivity index (χ4n) is 4.12. The summed E-state index contributed by atoms with van der Waals surface area (Å²) in [4.78, 5) is 33.4. The normalized spacial score (nSPS) is 11.4. The predicted octanol–water partition coefficient (Wildman–Crippen LogP) is 5.09. The van der Waals surface area contributed by atoms with E-state index in [-0.39, 0.29) is 6.54 Å². The Morgan fingerprint density at radius 2 is 0.839 bits per heavy atom. The number of allylic oxidation sites excluding steroid dienone is 1. The lowest BCUT2D eigenvalue weighted by Crippen LogP contribution is -2.57. The standard InChI is InChI=1S/C24H43NO6/c1-2-3-4-5-6-7-8-9-10-11-12-13-14-15-16-17-18-25(19-22(26)27,20-23(28)29)21-24(30)31/h2H,1,3-21H2,(H2-,26,27,28,29,30,31)/p+1. The first-order valence-electron chi connectivity index (χ1n) is 11.9. The van der Waals surface area contributed by atoms with E-state index in [0.29, 0.717) is 6.42 Å². The molecule has 0 saturated heterocycles. The first-order valence-corrected chi connectivity index (χ1v) is 11.9. The van der Waals surface area contributed by atoms with Crippen molar-refractivity contribution in [3.63, 3.8) is 0 Å². The third-order valence-corrected chi connectivity index (χ3v) is 5.70. The summed E-state index contributed by atoms with van der Waals surface area (Å²) >= 11 is 0. The Bertz CT molecular complexity index is 479. The van der Waals surface area contributed by atoms with Gasteiger partial charge in [0.15, 0.2) is 19.6 Å². The van der Waals surface area contributed by atoms with Gasteiger partial charge in [-0.3, -0.25) is 4.48 Å². The second-order valence-corrected chi connectivity index (χ2v) is 8.75. The molecule has 180 valence electrons. The van der Waals surface area contributed by atoms with Crippen molar-refractivity contribution >= 4 is 17.9 Å². The van der Waals surface area contributed by atoms with Crippen LogP contribution in [0, 0.1) is 0 Å². The topological polar surface area (TPSA) is 112 Å². The molecule has 0 aliphatic rings. The van der Waals surface area contributed by atoms with Gasteiger partial charge in [-0.1, -0.05) is 76.7 Å². The molecule has 0 fully saturated rings. The second-order valence-electron chi connectivity index (χ2n) is 8.75. The predicted molar refractivity (Wildman–Crippen MR) is 122 cm³/mol. The highest BCUT2D eigenvalue weighted by Crippen LogP contribution is 2.15. The molecule has 3 N–H and O–H groups in total. The van der Waals surface area contributed by atoms with Crippen molar-refractivity contribution in [1.29, 1.82) is 0 Å². The number of hydrogen-bond acceptors (Lipinski definition) is 3. The van der Waals surface area contributed by atoms with Gasteiger partial charge >= 0.3 is 17.9 Å². The average Bonchev–Trinajstić information content (AvgIpc) is 2.66. The van der Waals surface area contributed by atoms with Crippen molar-refractivity contribution in [2.75, 3.05) is 26.2 Å². The first-order chi connectivity index (χ1) is 14.8. The van der Waals surface area contributed by atoms with Gasteiger partial charge in [0.05, 0.1) is 6.54 Å². The van der Waals surface area contributed by atoms with Crippen molar-refractivity contribution in [2.24, 2.45) is 0 Å². The van der Waals surface area contributed by atoms with E-state index >= 15 is 0 Å². The zero-order valence-electron chi connectivity index (χ0n) is 19.2. The molecule has 0 heterocycles. The lowest BCUT2D eigenvalue weighted by Gasteiger charge is -2.34. The van der Waals surface area contributed by atoms with Crippen molar-refractivity contribution in [2.45, 2.75) is 96.3 Å². The number of carboxylic acid groups (broad SMARTS) is 3. The SMILES string of the molecule is C=CCCCCCCCCCCCCCCCC[N+](CC(=O)O)(CC(=O)O)CC(=O)O. The van der Waals surface area contributed by atoms with Gasteiger partial charge < -0.3 is 15.3 Å². The number of quaternary nitrogens is 1. The van der Waals surface area contributed by atoms with E-state index in [2.05, 4.69) is 6.58 Å². The van der Waals surface area contributed by atoms with Gasteiger partial charge in [-0.05, 0) is 25.7 Å². The third-order valence-electron chi connectivity index (χ3n) is 5.70. The van der Waals surface area contributed by atoms with Gasteiger partial charge in [0.1, 0.15) is 0 Å². The van der Waals surface area contributed by atoms with Gasteiger partial charge in [-0.25, -0.2) is 14.4 Å². The molecular formula is C24H44NO6+. The molecule has 0 radical (unpaired) electrons. The van der Waals surface area contributed by atoms with Crippen LogP contribution < -0.4 is 0 Å². The van der Waals surface area contributed by atoms with Gasteiger partial charge in [0, 0.05) is 0 Å². The molecule has 0 aromatic rings. The Morgan fingerprint density at radius 3 is 1.13 bits per heavy atom. The molecule has 7 nitrogen and oxygen atoms in total. The summed E-state index contributed by atoms with van der Waals surface area (Å²) in [5, 5.41) is 27.3. The zero-order chi connectivity index (χ0) is 23.4. The molecule has 0 rings (SSSR count). The molecule has 31 heavy (non-hydrogen) atoms. The average molecular weight is 443 g/mol. The van der Waals surface area contributed by atoms with Gasteiger partial charge in [-0.2, -0.15) is 0 Å². The molecular weight excluding hydrogens is 398 g/mol. The van der Waals surface area contributed by atoms with Crippen LogP contribution >= 0.6 is 0 Å². The molecule has 0 unspecified atom stereocenters. The summed E-state index contributed by atoms with van der Waals surface area (Å²) in [6.07, 6.45) is 19.6. The lowest BCUT2D eigenvalue weighted by atomic mass is 10.0. The van der Waals surface area contributed by atoms with Crippen LogP contribution in [0.2, 0.25) is 0 Å². The molecule has 7 heteroatoms. The first kappa shape index (κ1) is 29.1. The summed E-state index contributed by atoms with van der Waals surface area (Å²) in [6.45, 7) is 2.57. The van der Waals surface area contributed by atoms with Crippen molar-refractivity contribution in [3.05, 3.63) is 12.7 Å². The minimum atomic E-state index is -1.17. The van der Waals surface area contributed by atoms with Crippen LogP contribution in [0.3, 0.4) is 0 Å². The summed E-state index contributed by atoms with van der Waals surface area (Å²) in [5.41, 5.74) is 0. The van der Waals surface area contributed by atoms with Crippen molar-refractivity contribution < 1.29 is 34.2 Å². The van der Waals surface area contributed by atoms with Crippen LogP contribution in [0.25, 0.3) is 0 Å². The van der Waals surface area contributed by atoms with Crippen LogP contribution in [-0.2, 0) is 14.4 Å². The molecule has 0 bridgehead atoms. The van der Waals surface area contributed by atoms with E-state index in [1.807, 2.05) is 6.08 Å². The van der Waals surface area contributed by atoms with Gasteiger partial charge in [-0.15, -0.1) is 6.58 Å². The number of unbranched alkanes of at least 4 members (excludes halogenated alkanes) is 14. The highest BCUT2D eigenvalue weighted by molar-refractivity contribution is 5.73. The summed E-state index contributed by atoms with van der Waals surface area (Å²) in [6, 6.07) is 0. The monoisotopic (exact) mass is 442 g/mol. The lowest BCUT2D eigenvalue weighted by molar-refractivity contribution is -0.907. The van der Waals surface area contributed by atoms with Crippen LogP contribution in [-0.4, -0.2) is 63.9 Å². The van der Waals surface area contributed by atoms with Crippen molar-refractivity contribution in [3.8, 4) is 0 Å². The van der Waals surface area contributed by atoms with E-state index in [1.165, 1.54) is 64.2 Å². The summed E-state index contributed by atoms with van der Waals surface area (Å²) in [5.74, 6) is -3.51. The molecule has 0 atom stereocenters. The minimum absolute atomic E-state index is 0.262. The van der Waals surface area contributed by atoms with E-state index in [0.717, 1.165) is 25.7 Å². The smallest absolute Gasteiger partial charge is 0.359 e. The molecule has 0 amide bonds. The molecule has 0 aromatic carbocycles. The number of aliphatic carboxylic acids is 3. The van der Waals surface area contributed by atoms with E-state index in [9.17, 15) is 14.4 Å². The summed E-state index contributed by atoms with van der Waals surface area (Å²) in [7, 11) is 0. The molecule has 0 spiro atoms. The maximum absolute atomic E-state index is 11.1. The van der Waals surface area contributed by atoms with Crippen LogP contribution in [0.5, 0.6) is 0 Å². The van der Waals surface area contributed by atoms with Crippen LogP contribution in [0.1, 0.15) is 96.3 Å². The Morgan fingerprint density at radius 1 is 0.548 bits per heavy atom. The number of hydrogen-bond donors (Lipinski definition) is 3. The maximum atomic E-state index is 11.1. The fourth-order valence-corrected chi connectivity index (χ4v) is 4.12. The fraction of sp³-hybridized carbons (Fsp3) is 0.792. The molecule has 0 aliphatic heterocycles. The Labute approximate surface area is 187 Å². The largest absolute Gasteiger partial charge is 0.477 e. The van der Waals surface area contributed by atoms with Crippen molar-refractivity contribution in [1.82, 2.24) is 0 Å². The number of rotatable bonds is 23. The zero-order valence-corrected chi connectivity index (χ0v) is 19.2. The van der Waals surface area contributed by atoms with E-state index < -0.39 is 42.0 Å². The quantitative estimate of drug-likeness (QED) is 0.115. The van der Waals surface area contributed by atoms with Gasteiger partial charge in [0.2, 0.25) is 0 Å². The molecule has 0 aliphatic carbocycles. The summed E-state index contributed by atoms with van der Waals surface area (Å²) < 4.78 is -0.436. The molecule has 0 aromatic heterocycles. The number of nitrogens with zero attached hydrogens (tertiary/aromatic N) is 1. The number of carbonyl (C=O) groups is 3. The number of carboxylic acids is 3. The third kappa shape index (κ3) is 18.6. The van der Waals surface area contributed by atoms with Gasteiger partial charge in [0.25, 0.3) is 0 Å². The van der Waals surface area contributed by atoms with Crippen LogP contribution in [0.15, 0.2) is 12.7 Å². The van der Waals surface area contributed by atoms with E-state index in [1.54, 1.807) is 0 Å². The highest BCUT2D eigenvalue weighted by Gasteiger charge is 2.35. The van der Waals surface area contributed by atoms with Crippen LogP contribution in [0.4, 0.5) is 0 Å². The van der Waals surface area contributed by atoms with E-state index in [4.69, 9.17) is 15.3 Å². The minimum Gasteiger partial charge on any atom is -0.477 e. The Hall–Kier alpha value is -1.89. The second kappa shape index (κ2) is 18.8.